The fraction of sp³-hybridized carbons (Fsp3) is 0.214. The van der Waals surface area contributed by atoms with E-state index in [0.29, 0.717) is 23.3 Å². The molecule has 0 radical (unpaired) electrons. The zero-order chi connectivity index (χ0) is 14.5. The minimum absolute atomic E-state index is 0.0641. The summed E-state index contributed by atoms with van der Waals surface area (Å²) in [7, 11) is 0. The van der Waals surface area contributed by atoms with Crippen molar-refractivity contribution in [3.63, 3.8) is 0 Å². The molecule has 0 fully saturated rings. The molecule has 0 unspecified atom stereocenters. The zero-order valence-corrected chi connectivity index (χ0v) is 11.1. The fourth-order valence-electron chi connectivity index (χ4n) is 1.91. The molecule has 20 heavy (non-hydrogen) atoms. The molecule has 0 aliphatic heterocycles. The van der Waals surface area contributed by atoms with Crippen LogP contribution in [0.2, 0.25) is 0 Å². The van der Waals surface area contributed by atoms with Crippen LogP contribution in [0.15, 0.2) is 30.5 Å². The van der Waals surface area contributed by atoms with Gasteiger partial charge in [0.05, 0.1) is 12.1 Å². The quantitative estimate of drug-likeness (QED) is 0.762. The summed E-state index contributed by atoms with van der Waals surface area (Å²) < 4.78 is 0. The van der Waals surface area contributed by atoms with Crippen LogP contribution in [0.4, 0.5) is 5.82 Å². The van der Waals surface area contributed by atoms with Gasteiger partial charge in [0.1, 0.15) is 5.82 Å². The summed E-state index contributed by atoms with van der Waals surface area (Å²) in [4.78, 5) is 27.4. The normalized spacial score (nSPS) is 10.2. The van der Waals surface area contributed by atoms with Crippen LogP contribution in [-0.2, 0) is 4.79 Å². The van der Waals surface area contributed by atoms with E-state index in [2.05, 4.69) is 15.6 Å². The Morgan fingerprint density at radius 2 is 1.90 bits per heavy atom. The summed E-state index contributed by atoms with van der Waals surface area (Å²) in [6, 6.07) is 7.26. The number of nitrogens with two attached hydrogens (primary N) is 1. The summed E-state index contributed by atoms with van der Waals surface area (Å²) in [5, 5.41) is 6.61. The fourth-order valence-corrected chi connectivity index (χ4v) is 1.91. The van der Waals surface area contributed by atoms with Crippen LogP contribution in [0.5, 0.6) is 0 Å². The maximum Gasteiger partial charge on any atom is 0.253 e. The first-order valence-corrected chi connectivity index (χ1v) is 6.31. The molecular formula is C14H16N4O2. The van der Waals surface area contributed by atoms with E-state index in [1.165, 1.54) is 6.20 Å². The number of hydrogen-bond acceptors (Lipinski definition) is 4. The Labute approximate surface area is 116 Å². The van der Waals surface area contributed by atoms with Gasteiger partial charge < -0.3 is 16.4 Å². The molecule has 0 saturated carbocycles. The van der Waals surface area contributed by atoms with Crippen molar-refractivity contribution in [3.8, 4) is 0 Å². The SMILES string of the molecule is CCNC(=O)CNC(=O)c1cnc(N)c2ccccc12. The van der Waals surface area contributed by atoms with Crippen LogP contribution < -0.4 is 16.4 Å². The molecule has 1 aromatic carbocycles. The number of fused-ring (bicyclic) bond motifs is 1. The summed E-state index contributed by atoms with van der Waals surface area (Å²) in [6.45, 7) is 2.28. The molecule has 0 aliphatic rings. The van der Waals surface area contributed by atoms with Crippen LogP contribution in [0.1, 0.15) is 17.3 Å². The van der Waals surface area contributed by atoms with Gasteiger partial charge in [0.25, 0.3) is 5.91 Å². The lowest BCUT2D eigenvalue weighted by Crippen LogP contribution is -2.36. The summed E-state index contributed by atoms with van der Waals surface area (Å²) in [5.74, 6) is -0.200. The minimum atomic E-state index is -0.347. The number of likely N-dealkylation sites (N-methyl/N-ethyl adjacent to an activating group) is 1. The summed E-state index contributed by atoms with van der Waals surface area (Å²) >= 11 is 0. The number of carbonyl (C=O) groups excluding carboxylic acids is 2. The first kappa shape index (κ1) is 13.8. The number of nitrogens with one attached hydrogen (secondary N) is 2. The molecule has 0 spiro atoms. The average molecular weight is 272 g/mol. The van der Waals surface area contributed by atoms with Crippen molar-refractivity contribution in [2.24, 2.45) is 0 Å². The molecule has 2 rings (SSSR count). The van der Waals surface area contributed by atoms with Crippen LogP contribution in [-0.4, -0.2) is 29.9 Å². The highest BCUT2D eigenvalue weighted by atomic mass is 16.2. The molecule has 6 heteroatoms. The van der Waals surface area contributed by atoms with Crippen molar-refractivity contribution >= 4 is 28.4 Å². The van der Waals surface area contributed by atoms with Crippen molar-refractivity contribution in [2.45, 2.75) is 6.92 Å². The second-order valence-electron chi connectivity index (χ2n) is 4.24. The Morgan fingerprint density at radius 1 is 1.20 bits per heavy atom. The van der Waals surface area contributed by atoms with Gasteiger partial charge in [-0.3, -0.25) is 9.59 Å². The lowest BCUT2D eigenvalue weighted by atomic mass is 10.1. The maximum absolute atomic E-state index is 12.1. The van der Waals surface area contributed by atoms with Crippen molar-refractivity contribution in [3.05, 3.63) is 36.0 Å². The summed E-state index contributed by atoms with van der Waals surface area (Å²) in [5.41, 5.74) is 6.18. The van der Waals surface area contributed by atoms with E-state index >= 15 is 0 Å². The van der Waals surface area contributed by atoms with Gasteiger partial charge >= 0.3 is 0 Å². The van der Waals surface area contributed by atoms with Crippen LogP contribution >= 0.6 is 0 Å². The third-order valence-electron chi connectivity index (χ3n) is 2.85. The van der Waals surface area contributed by atoms with Gasteiger partial charge in [0.15, 0.2) is 0 Å². The molecule has 0 saturated heterocycles. The monoisotopic (exact) mass is 272 g/mol. The van der Waals surface area contributed by atoms with Gasteiger partial charge in [0.2, 0.25) is 5.91 Å². The second-order valence-corrected chi connectivity index (χ2v) is 4.24. The smallest absolute Gasteiger partial charge is 0.253 e. The minimum Gasteiger partial charge on any atom is -0.383 e. The van der Waals surface area contributed by atoms with E-state index in [0.717, 1.165) is 5.39 Å². The molecule has 104 valence electrons. The maximum atomic E-state index is 12.1. The van der Waals surface area contributed by atoms with E-state index in [1.54, 1.807) is 12.1 Å². The van der Waals surface area contributed by atoms with E-state index < -0.39 is 0 Å². The third kappa shape index (κ3) is 2.85. The first-order chi connectivity index (χ1) is 9.63. The average Bonchev–Trinajstić information content (AvgIpc) is 2.46. The van der Waals surface area contributed by atoms with Crippen LogP contribution in [0.25, 0.3) is 10.8 Å². The van der Waals surface area contributed by atoms with Gasteiger partial charge in [-0.05, 0) is 12.3 Å². The molecule has 0 bridgehead atoms. The largest absolute Gasteiger partial charge is 0.383 e. The zero-order valence-electron chi connectivity index (χ0n) is 11.1. The predicted molar refractivity (Wildman–Crippen MR) is 77.2 cm³/mol. The van der Waals surface area contributed by atoms with E-state index in [9.17, 15) is 9.59 Å². The Bertz CT molecular complexity index is 655. The molecule has 0 atom stereocenters. The van der Waals surface area contributed by atoms with E-state index in [1.807, 2.05) is 19.1 Å². The number of benzene rings is 1. The van der Waals surface area contributed by atoms with Crippen LogP contribution in [0, 0.1) is 0 Å². The number of anilines is 1. The highest BCUT2D eigenvalue weighted by Crippen LogP contribution is 2.22. The van der Waals surface area contributed by atoms with E-state index in [-0.39, 0.29) is 18.4 Å². The predicted octanol–water partition coefficient (Wildman–Crippen LogP) is 0.683. The number of carbonyl (C=O) groups is 2. The number of nitrogen functional groups attached to an aromatic ring is 1. The molecular weight excluding hydrogens is 256 g/mol. The van der Waals surface area contributed by atoms with Crippen molar-refractivity contribution in [1.82, 2.24) is 15.6 Å². The van der Waals surface area contributed by atoms with Gasteiger partial charge in [-0.2, -0.15) is 0 Å². The van der Waals surface area contributed by atoms with Crippen LogP contribution in [0.3, 0.4) is 0 Å². The molecule has 2 aromatic rings. The lowest BCUT2D eigenvalue weighted by Gasteiger charge is -2.09. The molecule has 4 N–H and O–H groups in total. The highest BCUT2D eigenvalue weighted by molar-refractivity contribution is 6.09. The molecule has 1 heterocycles. The third-order valence-corrected chi connectivity index (χ3v) is 2.85. The lowest BCUT2D eigenvalue weighted by molar-refractivity contribution is -0.120. The number of pyridine rings is 1. The van der Waals surface area contributed by atoms with Crippen molar-refractivity contribution < 1.29 is 9.59 Å². The standard InChI is InChI=1S/C14H16N4O2/c1-2-16-12(19)8-18-14(20)11-7-17-13(15)10-6-4-3-5-9(10)11/h3-7H,2,8H2,1H3,(H2,15,17)(H,16,19)(H,18,20). The van der Waals surface area contributed by atoms with E-state index in [4.69, 9.17) is 5.73 Å². The van der Waals surface area contributed by atoms with Gasteiger partial charge in [-0.1, -0.05) is 24.3 Å². The first-order valence-electron chi connectivity index (χ1n) is 6.31. The van der Waals surface area contributed by atoms with Crippen molar-refractivity contribution in [2.75, 3.05) is 18.8 Å². The van der Waals surface area contributed by atoms with Gasteiger partial charge in [-0.15, -0.1) is 0 Å². The number of nitrogens with zero attached hydrogens (tertiary/aromatic N) is 1. The second kappa shape index (κ2) is 6.01. The number of rotatable bonds is 4. The number of hydrogen-bond donors (Lipinski definition) is 3. The molecule has 2 amide bonds. The highest BCUT2D eigenvalue weighted by Gasteiger charge is 2.13. The van der Waals surface area contributed by atoms with Gasteiger partial charge in [-0.25, -0.2) is 4.98 Å². The Morgan fingerprint density at radius 3 is 2.60 bits per heavy atom. The summed E-state index contributed by atoms with van der Waals surface area (Å²) in [6.07, 6.45) is 1.42. The Hall–Kier alpha value is -2.63. The van der Waals surface area contributed by atoms with Crippen molar-refractivity contribution in [1.29, 1.82) is 0 Å². The Kier molecular flexibility index (Phi) is 4.14. The molecule has 0 aliphatic carbocycles. The number of amides is 2. The topological polar surface area (TPSA) is 97.1 Å². The molecule has 6 nitrogen and oxygen atoms in total. The number of aromatic nitrogens is 1. The Balaban J connectivity index is 2.23. The molecule has 1 aromatic heterocycles. The van der Waals surface area contributed by atoms with Gasteiger partial charge in [0, 0.05) is 18.1 Å².